The van der Waals surface area contributed by atoms with Gasteiger partial charge in [0.05, 0.1) is 0 Å². The molecule has 88 valence electrons. The van der Waals surface area contributed by atoms with Crippen LogP contribution in [0.3, 0.4) is 0 Å². The van der Waals surface area contributed by atoms with Crippen LogP contribution in [0.25, 0.3) is 6.08 Å². The molecule has 0 fully saturated rings. The Morgan fingerprint density at radius 3 is 2.71 bits per heavy atom. The summed E-state index contributed by atoms with van der Waals surface area (Å²) < 4.78 is 0. The molecular formula is C12H11ClN2O2. The van der Waals surface area contributed by atoms with Gasteiger partial charge in [0.25, 0.3) is 0 Å². The summed E-state index contributed by atoms with van der Waals surface area (Å²) in [5.74, 6) is 2.17. The lowest BCUT2D eigenvalue weighted by Crippen LogP contribution is -2.27. The average Bonchev–Trinajstić information content (AvgIpc) is 2.30. The SMILES string of the molecule is O=C(CCCl)NC(=O)N=C=Cc1ccccc1. The quantitative estimate of drug-likeness (QED) is 0.661. The van der Waals surface area contributed by atoms with E-state index in [1.165, 1.54) is 0 Å². The molecule has 0 aliphatic carbocycles. The van der Waals surface area contributed by atoms with Crippen molar-refractivity contribution in [1.82, 2.24) is 5.32 Å². The van der Waals surface area contributed by atoms with Crippen molar-refractivity contribution < 1.29 is 9.59 Å². The Kier molecular flexibility index (Phi) is 5.72. The van der Waals surface area contributed by atoms with E-state index >= 15 is 0 Å². The summed E-state index contributed by atoms with van der Waals surface area (Å²) >= 11 is 5.34. The fraction of sp³-hybridized carbons (Fsp3) is 0.167. The highest BCUT2D eigenvalue weighted by Gasteiger charge is 2.03. The maximum Gasteiger partial charge on any atom is 0.355 e. The van der Waals surface area contributed by atoms with Crippen LogP contribution >= 0.6 is 11.6 Å². The number of alkyl halides is 1. The van der Waals surface area contributed by atoms with Gasteiger partial charge in [-0.15, -0.1) is 16.6 Å². The van der Waals surface area contributed by atoms with E-state index in [2.05, 4.69) is 16.2 Å². The molecule has 0 aromatic heterocycles. The number of amides is 3. The molecule has 1 aromatic rings. The molecule has 0 saturated heterocycles. The molecule has 0 unspecified atom stereocenters. The number of nitrogens with one attached hydrogen (secondary N) is 1. The molecule has 0 aliphatic rings. The number of carbonyl (C=O) groups is 2. The molecule has 3 amide bonds. The molecule has 17 heavy (non-hydrogen) atoms. The Morgan fingerprint density at radius 2 is 2.06 bits per heavy atom. The van der Waals surface area contributed by atoms with Gasteiger partial charge in [-0.1, -0.05) is 30.3 Å². The number of urea groups is 1. The maximum atomic E-state index is 11.1. The highest BCUT2D eigenvalue weighted by Crippen LogP contribution is 1.97. The van der Waals surface area contributed by atoms with Gasteiger partial charge in [-0.05, 0) is 11.4 Å². The molecule has 0 saturated carbocycles. The number of benzene rings is 1. The molecule has 4 nitrogen and oxygen atoms in total. The van der Waals surface area contributed by atoms with Crippen LogP contribution in [0.15, 0.2) is 35.3 Å². The minimum Gasteiger partial charge on any atom is -0.276 e. The third-order valence-corrected chi connectivity index (χ3v) is 1.95. The summed E-state index contributed by atoms with van der Waals surface area (Å²) in [7, 11) is 0. The molecular weight excluding hydrogens is 240 g/mol. The van der Waals surface area contributed by atoms with E-state index in [1.807, 2.05) is 30.3 Å². The largest absolute Gasteiger partial charge is 0.355 e. The van der Waals surface area contributed by atoms with E-state index < -0.39 is 11.9 Å². The van der Waals surface area contributed by atoms with Crippen LogP contribution in [0, 0.1) is 0 Å². The van der Waals surface area contributed by atoms with Crippen molar-refractivity contribution in [2.75, 3.05) is 5.88 Å². The predicted octanol–water partition coefficient (Wildman–Crippen LogP) is 2.23. The van der Waals surface area contributed by atoms with Crippen molar-refractivity contribution in [3.63, 3.8) is 0 Å². The van der Waals surface area contributed by atoms with E-state index in [0.717, 1.165) is 5.56 Å². The van der Waals surface area contributed by atoms with Crippen LogP contribution in [0.5, 0.6) is 0 Å². The van der Waals surface area contributed by atoms with Gasteiger partial charge in [-0.2, -0.15) is 0 Å². The summed E-state index contributed by atoms with van der Waals surface area (Å²) in [6.07, 6.45) is 1.64. The second-order valence-electron chi connectivity index (χ2n) is 3.09. The Labute approximate surface area is 104 Å². The van der Waals surface area contributed by atoms with Gasteiger partial charge < -0.3 is 0 Å². The molecule has 0 radical (unpaired) electrons. The first kappa shape index (κ1) is 13.2. The van der Waals surface area contributed by atoms with E-state index in [9.17, 15) is 9.59 Å². The Bertz CT molecular complexity index is 451. The highest BCUT2D eigenvalue weighted by molar-refractivity contribution is 6.19. The second-order valence-corrected chi connectivity index (χ2v) is 3.47. The zero-order chi connectivity index (χ0) is 12.5. The van der Waals surface area contributed by atoms with Crippen molar-refractivity contribution in [3.8, 4) is 0 Å². The van der Waals surface area contributed by atoms with E-state index in [0.29, 0.717) is 0 Å². The minimum atomic E-state index is -0.743. The lowest BCUT2D eigenvalue weighted by Gasteiger charge is -1.95. The van der Waals surface area contributed by atoms with Crippen molar-refractivity contribution in [1.29, 1.82) is 0 Å². The number of hydrogen-bond donors (Lipinski definition) is 1. The first-order chi connectivity index (χ1) is 8.22. The highest BCUT2D eigenvalue weighted by atomic mass is 35.5. The average molecular weight is 251 g/mol. The third kappa shape index (κ3) is 5.66. The van der Waals surface area contributed by atoms with Gasteiger partial charge in [0.15, 0.2) is 0 Å². The summed E-state index contributed by atoms with van der Waals surface area (Å²) in [5, 5.41) is 2.06. The van der Waals surface area contributed by atoms with Gasteiger partial charge >= 0.3 is 6.03 Å². The molecule has 0 aliphatic heterocycles. The normalized spacial score (nSPS) is 9.00. The molecule has 0 atom stereocenters. The summed E-state index contributed by atoms with van der Waals surface area (Å²) in [4.78, 5) is 25.5. The maximum absolute atomic E-state index is 11.1. The molecule has 0 heterocycles. The first-order valence-electron chi connectivity index (χ1n) is 4.96. The zero-order valence-corrected chi connectivity index (χ0v) is 9.78. The molecule has 0 bridgehead atoms. The van der Waals surface area contributed by atoms with Gasteiger partial charge in [0, 0.05) is 18.4 Å². The van der Waals surface area contributed by atoms with Crippen LogP contribution in [0.1, 0.15) is 12.0 Å². The summed E-state index contributed by atoms with van der Waals surface area (Å²) in [5.41, 5.74) is 0.871. The third-order valence-electron chi connectivity index (χ3n) is 1.76. The van der Waals surface area contributed by atoms with Crippen molar-refractivity contribution in [2.24, 2.45) is 4.99 Å². The predicted molar refractivity (Wildman–Crippen MR) is 67.2 cm³/mol. The van der Waals surface area contributed by atoms with E-state index in [-0.39, 0.29) is 12.3 Å². The molecule has 5 heteroatoms. The topological polar surface area (TPSA) is 58.5 Å². The monoisotopic (exact) mass is 250 g/mol. The smallest absolute Gasteiger partial charge is 0.276 e. The Morgan fingerprint density at radius 1 is 1.35 bits per heavy atom. The minimum absolute atomic E-state index is 0.0885. The van der Waals surface area contributed by atoms with Crippen molar-refractivity contribution in [2.45, 2.75) is 6.42 Å². The Balaban J connectivity index is 2.51. The summed E-state index contributed by atoms with van der Waals surface area (Å²) in [6, 6.07) is 8.55. The number of hydrogen-bond acceptors (Lipinski definition) is 2. The van der Waals surface area contributed by atoms with Crippen LogP contribution in [0.4, 0.5) is 4.79 Å². The van der Waals surface area contributed by atoms with Gasteiger partial charge in [-0.25, -0.2) is 4.79 Å². The van der Waals surface area contributed by atoms with Gasteiger partial charge in [0.2, 0.25) is 5.91 Å². The second kappa shape index (κ2) is 7.39. The van der Waals surface area contributed by atoms with E-state index in [1.54, 1.807) is 6.08 Å². The van der Waals surface area contributed by atoms with Crippen molar-refractivity contribution in [3.05, 3.63) is 35.9 Å². The van der Waals surface area contributed by atoms with E-state index in [4.69, 9.17) is 11.6 Å². The molecule has 1 N–H and O–H groups in total. The number of imide groups is 1. The fourth-order valence-corrected chi connectivity index (χ4v) is 1.18. The fourth-order valence-electron chi connectivity index (χ4n) is 1.01. The van der Waals surface area contributed by atoms with Crippen LogP contribution in [0.2, 0.25) is 0 Å². The standard InChI is InChI=1S/C12H11ClN2O2/c13-8-6-11(16)15-12(17)14-9-7-10-4-2-1-3-5-10/h1-5,7H,6,8H2,(H,15,16,17). The molecule has 0 spiro atoms. The molecule has 1 aromatic carbocycles. The number of aliphatic imine (C=N–C) groups is 1. The lowest BCUT2D eigenvalue weighted by atomic mass is 10.2. The number of carbonyl (C=O) groups excluding carboxylic acids is 2. The molecule has 1 rings (SSSR count). The van der Waals surface area contributed by atoms with Crippen LogP contribution < -0.4 is 5.32 Å². The Hall–Kier alpha value is -1.90. The van der Waals surface area contributed by atoms with Gasteiger partial charge in [-0.3, -0.25) is 10.1 Å². The lowest BCUT2D eigenvalue weighted by molar-refractivity contribution is -0.119. The number of rotatable bonds is 3. The number of halogens is 1. The van der Waals surface area contributed by atoms with Crippen molar-refractivity contribution >= 4 is 35.5 Å². The first-order valence-corrected chi connectivity index (χ1v) is 5.50. The zero-order valence-electron chi connectivity index (χ0n) is 9.02. The number of nitrogens with zero attached hydrogens (tertiary/aromatic N) is 1. The van der Waals surface area contributed by atoms with Crippen LogP contribution in [-0.2, 0) is 4.79 Å². The van der Waals surface area contributed by atoms with Crippen LogP contribution in [-0.4, -0.2) is 23.7 Å². The van der Waals surface area contributed by atoms with Gasteiger partial charge in [0.1, 0.15) is 0 Å². The summed E-state index contributed by atoms with van der Waals surface area (Å²) in [6.45, 7) is 0.